The summed E-state index contributed by atoms with van der Waals surface area (Å²) >= 11 is 10.5. The molecule has 1 aliphatic heterocycles. The number of aliphatic imine (C=N–C) groups is 1. The summed E-state index contributed by atoms with van der Waals surface area (Å²) in [4.78, 5) is 29.5. The Kier molecular flexibility index (Phi) is 7.58. The maximum absolute atomic E-state index is 12.7. The first-order valence-electron chi connectivity index (χ1n) is 9.90. The van der Waals surface area contributed by atoms with Crippen LogP contribution in [0.15, 0.2) is 65.3 Å². The van der Waals surface area contributed by atoms with Crippen molar-refractivity contribution in [2.24, 2.45) is 4.99 Å². The van der Waals surface area contributed by atoms with Crippen molar-refractivity contribution < 1.29 is 23.8 Å². The Bertz CT molecular complexity index is 1380. The van der Waals surface area contributed by atoms with E-state index in [0.717, 1.165) is 9.13 Å². The van der Waals surface area contributed by atoms with Crippen molar-refractivity contribution >= 4 is 80.7 Å². The highest BCUT2D eigenvalue weighted by Crippen LogP contribution is 2.36. The first kappa shape index (κ1) is 24.7. The molecule has 6 nitrogen and oxygen atoms in total. The van der Waals surface area contributed by atoms with Crippen molar-refractivity contribution in [3.8, 4) is 11.5 Å². The van der Waals surface area contributed by atoms with Gasteiger partial charge < -0.3 is 14.2 Å². The highest BCUT2D eigenvalue weighted by Gasteiger charge is 2.26. The Morgan fingerprint density at radius 3 is 2.62 bits per heavy atom. The predicted octanol–water partition coefficient (Wildman–Crippen LogP) is 6.43. The molecule has 0 atom stereocenters. The fraction of sp³-hybridized carbons (Fsp3) is 0.0800. The fourth-order valence-electron chi connectivity index (χ4n) is 3.22. The van der Waals surface area contributed by atoms with Gasteiger partial charge in [-0.05, 0) is 106 Å². The molecule has 0 N–H and O–H groups in total. The second-order valence-corrected chi connectivity index (χ2v) is 10.0. The summed E-state index contributed by atoms with van der Waals surface area (Å²) in [6.07, 6.45) is 1.58. The van der Waals surface area contributed by atoms with Gasteiger partial charge in [-0.15, -0.1) is 0 Å². The topological polar surface area (TPSA) is 74.2 Å². The van der Waals surface area contributed by atoms with Gasteiger partial charge >= 0.3 is 11.9 Å². The first-order chi connectivity index (χ1) is 16.3. The Labute approximate surface area is 228 Å². The van der Waals surface area contributed by atoms with E-state index in [0.29, 0.717) is 36.8 Å². The van der Waals surface area contributed by atoms with E-state index in [1.54, 1.807) is 42.5 Å². The predicted molar refractivity (Wildman–Crippen MR) is 147 cm³/mol. The van der Waals surface area contributed by atoms with Crippen LogP contribution >= 0.6 is 56.8 Å². The number of halogens is 3. The number of aryl methyl sites for hydroxylation is 1. The number of methoxy groups -OCH3 is 1. The lowest BCUT2D eigenvalue weighted by Crippen LogP contribution is -2.11. The molecule has 1 aliphatic rings. The Hall–Kier alpha value is -2.44. The minimum absolute atomic E-state index is 0.118. The van der Waals surface area contributed by atoms with E-state index in [1.807, 2.05) is 25.1 Å². The number of cyclic esters (lactones) is 1. The van der Waals surface area contributed by atoms with Gasteiger partial charge in [0, 0.05) is 3.57 Å². The summed E-state index contributed by atoms with van der Waals surface area (Å²) in [6, 6.07) is 16.0. The lowest BCUT2D eigenvalue weighted by atomic mass is 10.1. The van der Waals surface area contributed by atoms with E-state index in [-0.39, 0.29) is 11.6 Å². The molecule has 0 bridgehead atoms. The van der Waals surface area contributed by atoms with Crippen molar-refractivity contribution in [2.45, 2.75) is 6.92 Å². The fourth-order valence-corrected chi connectivity index (χ4v) is 4.64. The molecule has 0 spiro atoms. The van der Waals surface area contributed by atoms with Gasteiger partial charge in [-0.2, -0.15) is 0 Å². The number of nitrogens with zero attached hydrogens (tertiary/aromatic N) is 1. The van der Waals surface area contributed by atoms with E-state index in [2.05, 4.69) is 50.2 Å². The molecule has 172 valence electrons. The number of carbonyl (C=O) groups is 2. The van der Waals surface area contributed by atoms with Gasteiger partial charge in [0.25, 0.3) is 0 Å². The number of esters is 2. The number of benzene rings is 3. The lowest BCUT2D eigenvalue weighted by molar-refractivity contribution is -0.129. The average molecular weight is 700 g/mol. The molecule has 1 heterocycles. The summed E-state index contributed by atoms with van der Waals surface area (Å²) in [5.74, 6) is -0.290. The second-order valence-electron chi connectivity index (χ2n) is 7.20. The highest BCUT2D eigenvalue weighted by molar-refractivity contribution is 14.1. The number of hydrogen-bond donors (Lipinski definition) is 0. The molecule has 9 heteroatoms. The van der Waals surface area contributed by atoms with E-state index in [1.165, 1.54) is 7.11 Å². The van der Waals surface area contributed by atoms with Crippen molar-refractivity contribution in [1.82, 2.24) is 0 Å². The van der Waals surface area contributed by atoms with Crippen molar-refractivity contribution in [3.63, 3.8) is 0 Å². The monoisotopic (exact) mass is 699 g/mol. The first-order valence-corrected chi connectivity index (χ1v) is 12.4. The summed E-state index contributed by atoms with van der Waals surface area (Å²) in [7, 11) is 1.48. The lowest BCUT2D eigenvalue weighted by Gasteiger charge is -2.13. The molecule has 0 saturated heterocycles. The molecule has 0 aliphatic carbocycles. The Balaban J connectivity index is 1.65. The normalized spacial score (nSPS) is 14.1. The van der Waals surface area contributed by atoms with Crippen LogP contribution in [-0.4, -0.2) is 24.9 Å². The Morgan fingerprint density at radius 1 is 1.12 bits per heavy atom. The molecule has 0 fully saturated rings. The summed E-state index contributed by atoms with van der Waals surface area (Å²) < 4.78 is 18.0. The molecule has 3 aromatic carbocycles. The van der Waals surface area contributed by atoms with Gasteiger partial charge in [-0.25, -0.2) is 14.6 Å². The molecular weight excluding hydrogens is 684 g/mol. The summed E-state index contributed by atoms with van der Waals surface area (Å²) in [6.45, 7) is 1.84. The molecule has 0 radical (unpaired) electrons. The molecule has 0 saturated carbocycles. The van der Waals surface area contributed by atoms with E-state index < -0.39 is 11.9 Å². The van der Waals surface area contributed by atoms with Crippen LogP contribution in [0.4, 0.5) is 0 Å². The van der Waals surface area contributed by atoms with Crippen molar-refractivity contribution in [3.05, 3.63) is 94.7 Å². The second kappa shape index (κ2) is 10.4. The molecular formula is C25H16ClI2NO5. The van der Waals surface area contributed by atoms with Crippen LogP contribution in [0.2, 0.25) is 5.02 Å². The van der Waals surface area contributed by atoms with Crippen LogP contribution in [0.1, 0.15) is 27.0 Å². The number of rotatable bonds is 5. The maximum atomic E-state index is 12.7. The molecule has 4 rings (SSSR count). The summed E-state index contributed by atoms with van der Waals surface area (Å²) in [5, 5.41) is 0.434. The SMILES string of the molecule is COc1cc(/C=C2\N=C(c3cc(I)ccc3Cl)OC2=O)cc(I)c1OC(=O)c1ccccc1C. The number of ether oxygens (including phenoxy) is 3. The molecule has 0 amide bonds. The third-order valence-corrected chi connectivity index (χ3v) is 6.70. The van der Waals surface area contributed by atoms with E-state index >= 15 is 0 Å². The molecule has 0 unspecified atom stereocenters. The van der Waals surface area contributed by atoms with Crippen LogP contribution in [0.5, 0.6) is 11.5 Å². The standard InChI is InChI=1S/C25H16ClI2NO5/c1-13-5-3-4-6-16(13)24(30)33-22-19(28)9-14(11-21(22)32-2)10-20-25(31)34-23(29-20)17-12-15(27)7-8-18(17)26/h3-12H,1-2H3/b20-10-. The van der Waals surface area contributed by atoms with Gasteiger partial charge in [0.2, 0.25) is 5.90 Å². The Morgan fingerprint density at radius 2 is 1.88 bits per heavy atom. The van der Waals surface area contributed by atoms with E-state index in [4.69, 9.17) is 25.8 Å². The average Bonchev–Trinajstić information content (AvgIpc) is 3.17. The van der Waals surface area contributed by atoms with Gasteiger partial charge in [0.05, 0.1) is 26.8 Å². The number of carbonyl (C=O) groups excluding carboxylic acids is 2. The van der Waals surface area contributed by atoms with Crippen LogP contribution in [0.25, 0.3) is 6.08 Å². The highest BCUT2D eigenvalue weighted by atomic mass is 127. The minimum atomic E-state index is -0.589. The quantitative estimate of drug-likeness (QED) is 0.133. The number of hydrogen-bond acceptors (Lipinski definition) is 6. The minimum Gasteiger partial charge on any atom is -0.493 e. The van der Waals surface area contributed by atoms with Gasteiger partial charge in [0.1, 0.15) is 0 Å². The molecule has 34 heavy (non-hydrogen) atoms. The van der Waals surface area contributed by atoms with Crippen molar-refractivity contribution in [2.75, 3.05) is 7.11 Å². The summed E-state index contributed by atoms with van der Waals surface area (Å²) in [5.41, 5.74) is 2.56. The smallest absolute Gasteiger partial charge is 0.363 e. The zero-order valence-electron chi connectivity index (χ0n) is 17.9. The molecule has 0 aromatic heterocycles. The zero-order chi connectivity index (χ0) is 24.4. The third-order valence-electron chi connectivity index (χ3n) is 4.89. The maximum Gasteiger partial charge on any atom is 0.363 e. The third kappa shape index (κ3) is 5.28. The van der Waals surface area contributed by atoms with Crippen LogP contribution in [0, 0.1) is 14.1 Å². The van der Waals surface area contributed by atoms with Gasteiger partial charge in [-0.1, -0.05) is 29.8 Å². The molecule has 3 aromatic rings. The largest absolute Gasteiger partial charge is 0.493 e. The van der Waals surface area contributed by atoms with Crippen LogP contribution in [0.3, 0.4) is 0 Å². The van der Waals surface area contributed by atoms with Crippen LogP contribution < -0.4 is 9.47 Å². The van der Waals surface area contributed by atoms with Gasteiger partial charge in [-0.3, -0.25) is 0 Å². The van der Waals surface area contributed by atoms with Crippen molar-refractivity contribution in [1.29, 1.82) is 0 Å². The van der Waals surface area contributed by atoms with E-state index in [9.17, 15) is 9.59 Å². The van der Waals surface area contributed by atoms with Crippen LogP contribution in [-0.2, 0) is 9.53 Å². The van der Waals surface area contributed by atoms with Gasteiger partial charge in [0.15, 0.2) is 17.2 Å². The zero-order valence-corrected chi connectivity index (χ0v) is 23.0.